The molecule has 78 valence electrons. The lowest BCUT2D eigenvalue weighted by Gasteiger charge is -2.01. The lowest BCUT2D eigenvalue weighted by Crippen LogP contribution is -2.24. The van der Waals surface area contributed by atoms with Crippen molar-refractivity contribution in [2.75, 3.05) is 0 Å². The molecule has 1 heterocycles. The van der Waals surface area contributed by atoms with Gasteiger partial charge in [0, 0.05) is 23.5 Å². The van der Waals surface area contributed by atoms with Crippen LogP contribution in [0.15, 0.2) is 18.2 Å². The van der Waals surface area contributed by atoms with Crippen LogP contribution < -0.4 is 5.11 Å². The topological polar surface area (TPSA) is 55.9 Å². The molecule has 2 aromatic rings. The summed E-state index contributed by atoms with van der Waals surface area (Å²) in [6, 6.07) is 4.59. The molecule has 0 atom stereocenters. The van der Waals surface area contributed by atoms with E-state index < -0.39 is 5.97 Å². The lowest BCUT2D eigenvalue weighted by molar-refractivity contribution is -0.304. The molecule has 0 amide bonds. The summed E-state index contributed by atoms with van der Waals surface area (Å²) in [5.41, 5.74) is 1.61. The second kappa shape index (κ2) is 3.38. The maximum Gasteiger partial charge on any atom is 0.147 e. The van der Waals surface area contributed by atoms with Gasteiger partial charge in [0.05, 0.1) is 5.52 Å². The maximum atomic E-state index is 13.3. The minimum atomic E-state index is -1.16. The molecular weight excluding hydrogens is 197 g/mol. The molecule has 1 aromatic carbocycles. The Labute approximate surface area is 85.5 Å². The molecule has 2 rings (SSSR count). The molecule has 0 aliphatic heterocycles. The number of aliphatic carboxylic acids is 1. The van der Waals surface area contributed by atoms with Crippen molar-refractivity contribution in [2.45, 2.75) is 13.3 Å². The molecular formula is C11H9FNO2-. The van der Waals surface area contributed by atoms with Crippen molar-refractivity contribution in [1.82, 2.24) is 4.98 Å². The van der Waals surface area contributed by atoms with Crippen molar-refractivity contribution in [3.8, 4) is 0 Å². The first-order valence-corrected chi connectivity index (χ1v) is 4.55. The van der Waals surface area contributed by atoms with Crippen LogP contribution in [0, 0.1) is 12.7 Å². The third kappa shape index (κ3) is 1.58. The van der Waals surface area contributed by atoms with Gasteiger partial charge in [-0.1, -0.05) is 12.1 Å². The van der Waals surface area contributed by atoms with Crippen molar-refractivity contribution in [3.63, 3.8) is 0 Å². The molecule has 0 unspecified atom stereocenters. The van der Waals surface area contributed by atoms with Crippen LogP contribution in [0.5, 0.6) is 0 Å². The van der Waals surface area contributed by atoms with E-state index in [1.807, 2.05) is 0 Å². The zero-order chi connectivity index (χ0) is 11.0. The largest absolute Gasteiger partial charge is 0.550 e. The Hall–Kier alpha value is -1.84. The lowest BCUT2D eigenvalue weighted by atomic mass is 10.1. The van der Waals surface area contributed by atoms with E-state index in [0.717, 1.165) is 0 Å². The number of aryl methyl sites for hydroxylation is 1. The number of fused-ring (bicyclic) bond motifs is 1. The van der Waals surface area contributed by atoms with Crippen LogP contribution in [0.2, 0.25) is 0 Å². The number of H-pyrrole nitrogens is 1. The molecule has 0 saturated heterocycles. The molecule has 0 spiro atoms. The molecule has 4 heteroatoms. The summed E-state index contributed by atoms with van der Waals surface area (Å²) in [4.78, 5) is 13.4. The number of nitrogens with one attached hydrogen (secondary N) is 1. The van der Waals surface area contributed by atoms with Gasteiger partial charge in [0.2, 0.25) is 0 Å². The van der Waals surface area contributed by atoms with Crippen molar-refractivity contribution in [3.05, 3.63) is 35.3 Å². The van der Waals surface area contributed by atoms with E-state index in [2.05, 4.69) is 4.98 Å². The summed E-state index contributed by atoms with van der Waals surface area (Å²) in [6.45, 7) is 1.72. The third-order valence-corrected chi connectivity index (χ3v) is 2.43. The van der Waals surface area contributed by atoms with Crippen molar-refractivity contribution < 1.29 is 14.3 Å². The van der Waals surface area contributed by atoms with Gasteiger partial charge in [-0.05, 0) is 18.6 Å². The Balaban J connectivity index is 2.68. The monoisotopic (exact) mass is 206 g/mol. The molecule has 1 N–H and O–H groups in total. The molecule has 0 bridgehead atoms. The molecule has 0 saturated carbocycles. The van der Waals surface area contributed by atoms with Gasteiger partial charge in [-0.25, -0.2) is 4.39 Å². The average Bonchev–Trinajstić information content (AvgIpc) is 2.45. The van der Waals surface area contributed by atoms with Crippen LogP contribution in [-0.4, -0.2) is 11.0 Å². The number of hydrogen-bond acceptors (Lipinski definition) is 2. The normalized spacial score (nSPS) is 10.8. The number of aromatic amines is 1. The van der Waals surface area contributed by atoms with Crippen LogP contribution in [-0.2, 0) is 11.2 Å². The smallest absolute Gasteiger partial charge is 0.147 e. The van der Waals surface area contributed by atoms with E-state index >= 15 is 0 Å². The number of carboxylic acid groups (broad SMARTS) is 1. The second-order valence-corrected chi connectivity index (χ2v) is 3.44. The van der Waals surface area contributed by atoms with Gasteiger partial charge in [-0.3, -0.25) is 0 Å². The Kier molecular flexibility index (Phi) is 2.19. The van der Waals surface area contributed by atoms with Gasteiger partial charge in [0.25, 0.3) is 0 Å². The Morgan fingerprint density at radius 3 is 2.93 bits per heavy atom. The first-order chi connectivity index (χ1) is 7.09. The molecule has 0 aliphatic carbocycles. The fraction of sp³-hybridized carbons (Fsp3) is 0.182. The molecule has 1 aromatic heterocycles. The first-order valence-electron chi connectivity index (χ1n) is 4.55. The summed E-state index contributed by atoms with van der Waals surface area (Å²) >= 11 is 0. The van der Waals surface area contributed by atoms with Crippen molar-refractivity contribution >= 4 is 16.9 Å². The van der Waals surface area contributed by atoms with Gasteiger partial charge < -0.3 is 14.9 Å². The summed E-state index contributed by atoms with van der Waals surface area (Å²) in [5.74, 6) is -1.54. The minimum absolute atomic E-state index is 0.199. The molecule has 0 radical (unpaired) electrons. The van der Waals surface area contributed by atoms with Gasteiger partial charge >= 0.3 is 0 Å². The van der Waals surface area contributed by atoms with Crippen molar-refractivity contribution in [1.29, 1.82) is 0 Å². The molecule has 0 fully saturated rings. The van der Waals surface area contributed by atoms with Crippen LogP contribution >= 0.6 is 0 Å². The Morgan fingerprint density at radius 2 is 2.27 bits per heavy atom. The van der Waals surface area contributed by atoms with Gasteiger partial charge in [0.15, 0.2) is 0 Å². The van der Waals surface area contributed by atoms with Crippen LogP contribution in [0.1, 0.15) is 11.3 Å². The predicted molar refractivity (Wildman–Crippen MR) is 51.7 cm³/mol. The minimum Gasteiger partial charge on any atom is -0.550 e. The third-order valence-electron chi connectivity index (χ3n) is 2.43. The maximum absolute atomic E-state index is 13.3. The van der Waals surface area contributed by atoms with Crippen molar-refractivity contribution in [2.24, 2.45) is 0 Å². The van der Waals surface area contributed by atoms with E-state index in [-0.39, 0.29) is 12.2 Å². The number of aromatic nitrogens is 1. The standard InChI is InChI=1S/C11H10FNO2/c1-6-8(5-10(14)15)7-3-2-4-9(12)11(7)13-6/h2-4,13H,5H2,1H3,(H,14,15)/p-1. The highest BCUT2D eigenvalue weighted by Crippen LogP contribution is 2.24. The molecule has 15 heavy (non-hydrogen) atoms. The van der Waals surface area contributed by atoms with Gasteiger partial charge in [-0.2, -0.15) is 0 Å². The quantitative estimate of drug-likeness (QED) is 0.793. The average molecular weight is 206 g/mol. The van der Waals surface area contributed by atoms with E-state index in [4.69, 9.17) is 0 Å². The number of para-hydroxylation sites is 1. The fourth-order valence-electron chi connectivity index (χ4n) is 1.74. The van der Waals surface area contributed by atoms with Gasteiger partial charge in [0.1, 0.15) is 5.82 Å². The van der Waals surface area contributed by atoms with Crippen LogP contribution in [0.3, 0.4) is 0 Å². The fourth-order valence-corrected chi connectivity index (χ4v) is 1.74. The Bertz CT molecular complexity index is 531. The molecule has 3 nitrogen and oxygen atoms in total. The van der Waals surface area contributed by atoms with E-state index in [0.29, 0.717) is 22.2 Å². The number of carbonyl (C=O) groups is 1. The number of benzene rings is 1. The highest BCUT2D eigenvalue weighted by molar-refractivity contribution is 5.88. The van der Waals surface area contributed by atoms with E-state index in [1.165, 1.54) is 6.07 Å². The van der Waals surface area contributed by atoms with Crippen LogP contribution in [0.25, 0.3) is 10.9 Å². The number of carbonyl (C=O) groups excluding carboxylic acids is 1. The zero-order valence-corrected chi connectivity index (χ0v) is 8.13. The number of rotatable bonds is 2. The Morgan fingerprint density at radius 1 is 1.53 bits per heavy atom. The van der Waals surface area contributed by atoms with Crippen LogP contribution in [0.4, 0.5) is 4.39 Å². The van der Waals surface area contributed by atoms with E-state index in [9.17, 15) is 14.3 Å². The predicted octanol–water partition coefficient (Wildman–Crippen LogP) is 0.908. The summed E-state index contributed by atoms with van der Waals surface area (Å²) in [6.07, 6.45) is -0.199. The summed E-state index contributed by atoms with van der Waals surface area (Å²) < 4.78 is 13.3. The first kappa shape index (κ1) is 9.71. The number of carboxylic acids is 1. The second-order valence-electron chi connectivity index (χ2n) is 3.44. The zero-order valence-electron chi connectivity index (χ0n) is 8.13. The summed E-state index contributed by atoms with van der Waals surface area (Å²) in [5, 5.41) is 11.1. The van der Waals surface area contributed by atoms with Gasteiger partial charge in [-0.15, -0.1) is 0 Å². The number of halogens is 1. The number of hydrogen-bond donors (Lipinski definition) is 1. The SMILES string of the molecule is Cc1[nH]c2c(F)cccc2c1CC(=O)[O-]. The highest BCUT2D eigenvalue weighted by Gasteiger charge is 2.10. The summed E-state index contributed by atoms with van der Waals surface area (Å²) in [7, 11) is 0. The molecule has 0 aliphatic rings. The van der Waals surface area contributed by atoms with E-state index in [1.54, 1.807) is 19.1 Å². The highest BCUT2D eigenvalue weighted by atomic mass is 19.1.